The van der Waals surface area contributed by atoms with Crippen molar-refractivity contribution in [1.82, 2.24) is 15.1 Å². The van der Waals surface area contributed by atoms with Crippen LogP contribution >= 0.6 is 11.6 Å². The van der Waals surface area contributed by atoms with Gasteiger partial charge < -0.3 is 5.32 Å². The van der Waals surface area contributed by atoms with E-state index in [2.05, 4.69) is 10.4 Å². The number of nitrogens with zero attached hydrogens (tertiary/aromatic N) is 2. The van der Waals surface area contributed by atoms with Gasteiger partial charge in [0.25, 0.3) is 5.56 Å². The second-order valence-corrected chi connectivity index (χ2v) is 6.24. The first-order chi connectivity index (χ1) is 12.6. The molecule has 26 heavy (non-hydrogen) atoms. The molecule has 0 aliphatic rings. The molecule has 5 nitrogen and oxygen atoms in total. The third-order valence-electron chi connectivity index (χ3n) is 3.87. The molecule has 3 rings (SSSR count). The van der Waals surface area contributed by atoms with Crippen LogP contribution in [0.5, 0.6) is 0 Å². The molecule has 0 saturated heterocycles. The van der Waals surface area contributed by atoms with Gasteiger partial charge in [-0.05, 0) is 23.8 Å². The zero-order valence-electron chi connectivity index (χ0n) is 14.1. The molecule has 0 saturated carbocycles. The van der Waals surface area contributed by atoms with Crippen molar-refractivity contribution in [3.8, 4) is 11.3 Å². The maximum absolute atomic E-state index is 12.0. The summed E-state index contributed by atoms with van der Waals surface area (Å²) in [6.45, 7) is 0.679. The molecule has 0 bridgehead atoms. The highest BCUT2D eigenvalue weighted by Crippen LogP contribution is 2.19. The van der Waals surface area contributed by atoms with E-state index in [0.717, 1.165) is 11.1 Å². The maximum atomic E-state index is 12.0. The molecule has 1 aromatic heterocycles. The molecule has 6 heteroatoms. The lowest BCUT2D eigenvalue weighted by molar-refractivity contribution is -0.121. The Kier molecular flexibility index (Phi) is 5.81. The molecule has 2 aromatic carbocycles. The number of rotatable bonds is 6. The minimum absolute atomic E-state index is 0.129. The summed E-state index contributed by atoms with van der Waals surface area (Å²) in [6.07, 6.45) is 0.179. The fourth-order valence-corrected chi connectivity index (χ4v) is 2.69. The second-order valence-electron chi connectivity index (χ2n) is 5.80. The summed E-state index contributed by atoms with van der Waals surface area (Å²) >= 11 is 6.00. The Bertz CT molecular complexity index is 955. The number of amides is 1. The lowest BCUT2D eigenvalue weighted by atomic mass is 10.1. The molecule has 1 heterocycles. The second kappa shape index (κ2) is 8.45. The largest absolute Gasteiger partial charge is 0.352 e. The number of nitrogens with one attached hydrogen (secondary N) is 1. The monoisotopic (exact) mass is 367 g/mol. The summed E-state index contributed by atoms with van der Waals surface area (Å²) in [5.74, 6) is -0.129. The van der Waals surface area contributed by atoms with E-state index in [9.17, 15) is 9.59 Å². The zero-order chi connectivity index (χ0) is 18.4. The van der Waals surface area contributed by atoms with Crippen LogP contribution in [0.2, 0.25) is 5.02 Å². The van der Waals surface area contributed by atoms with Crippen LogP contribution in [0.15, 0.2) is 71.5 Å². The number of aromatic nitrogens is 2. The smallest absolute Gasteiger partial charge is 0.266 e. The van der Waals surface area contributed by atoms with Crippen LogP contribution in [-0.2, 0) is 17.9 Å². The molecule has 0 unspecified atom stereocenters. The van der Waals surface area contributed by atoms with E-state index in [1.807, 2.05) is 42.5 Å². The number of halogens is 1. The Morgan fingerprint density at radius 1 is 1.04 bits per heavy atom. The summed E-state index contributed by atoms with van der Waals surface area (Å²) in [5.41, 5.74) is 2.24. The van der Waals surface area contributed by atoms with Gasteiger partial charge in [0.05, 0.1) is 12.2 Å². The zero-order valence-corrected chi connectivity index (χ0v) is 14.8. The summed E-state index contributed by atoms with van der Waals surface area (Å²) in [4.78, 5) is 24.0. The topological polar surface area (TPSA) is 64.0 Å². The van der Waals surface area contributed by atoms with Crippen LogP contribution in [0.25, 0.3) is 11.3 Å². The number of carbonyl (C=O) groups excluding carboxylic acids is 1. The first-order valence-electron chi connectivity index (χ1n) is 8.26. The van der Waals surface area contributed by atoms with E-state index >= 15 is 0 Å². The minimum atomic E-state index is -0.244. The van der Waals surface area contributed by atoms with E-state index < -0.39 is 0 Å². The van der Waals surface area contributed by atoms with Crippen LogP contribution in [0, 0.1) is 0 Å². The standard InChI is InChI=1S/C20H18ClN3O2/c21-17-8-4-7-16(13-17)18-9-10-20(26)24(23-18)12-11-19(25)22-14-15-5-2-1-3-6-15/h1-10,13H,11-12,14H2,(H,22,25). The van der Waals surface area contributed by atoms with Crippen LogP contribution in [0.3, 0.4) is 0 Å². The molecular formula is C20H18ClN3O2. The molecule has 0 spiro atoms. The molecule has 0 radical (unpaired) electrons. The van der Waals surface area contributed by atoms with Crippen molar-refractivity contribution in [2.75, 3.05) is 0 Å². The van der Waals surface area contributed by atoms with Crippen molar-refractivity contribution in [3.63, 3.8) is 0 Å². The van der Waals surface area contributed by atoms with Crippen molar-refractivity contribution in [3.05, 3.63) is 87.7 Å². The van der Waals surface area contributed by atoms with E-state index in [-0.39, 0.29) is 24.4 Å². The average molecular weight is 368 g/mol. The lowest BCUT2D eigenvalue weighted by Crippen LogP contribution is -2.28. The molecular weight excluding hydrogens is 350 g/mol. The summed E-state index contributed by atoms with van der Waals surface area (Å²) in [5, 5.41) is 7.78. The summed E-state index contributed by atoms with van der Waals surface area (Å²) in [6, 6.07) is 20.0. The van der Waals surface area contributed by atoms with Gasteiger partial charge >= 0.3 is 0 Å². The maximum Gasteiger partial charge on any atom is 0.266 e. The lowest BCUT2D eigenvalue weighted by Gasteiger charge is -2.08. The van der Waals surface area contributed by atoms with Gasteiger partial charge in [-0.15, -0.1) is 0 Å². The van der Waals surface area contributed by atoms with Crippen molar-refractivity contribution in [2.24, 2.45) is 0 Å². The SMILES string of the molecule is O=C(CCn1nc(-c2cccc(Cl)c2)ccc1=O)NCc1ccccc1. The van der Waals surface area contributed by atoms with Crippen molar-refractivity contribution < 1.29 is 4.79 Å². The molecule has 0 aliphatic carbocycles. The molecule has 1 amide bonds. The first kappa shape index (κ1) is 17.9. The normalized spacial score (nSPS) is 10.5. The van der Waals surface area contributed by atoms with Crippen molar-refractivity contribution in [1.29, 1.82) is 0 Å². The van der Waals surface area contributed by atoms with Gasteiger partial charge in [-0.2, -0.15) is 5.10 Å². The summed E-state index contributed by atoms with van der Waals surface area (Å²) < 4.78 is 1.30. The highest BCUT2D eigenvalue weighted by Gasteiger charge is 2.07. The Hall–Kier alpha value is -2.92. The molecule has 0 aliphatic heterocycles. The fraction of sp³-hybridized carbons (Fsp3) is 0.150. The Labute approximate surface area is 156 Å². The first-order valence-corrected chi connectivity index (χ1v) is 8.64. The van der Waals surface area contributed by atoms with Gasteiger partial charge in [-0.1, -0.05) is 54.1 Å². The van der Waals surface area contributed by atoms with Gasteiger partial charge in [0.1, 0.15) is 0 Å². The average Bonchev–Trinajstić information content (AvgIpc) is 2.66. The fourth-order valence-electron chi connectivity index (χ4n) is 2.50. The van der Waals surface area contributed by atoms with E-state index in [1.165, 1.54) is 10.7 Å². The molecule has 0 atom stereocenters. The van der Waals surface area contributed by atoms with Gasteiger partial charge in [0.2, 0.25) is 5.91 Å². The van der Waals surface area contributed by atoms with Crippen LogP contribution in [0.1, 0.15) is 12.0 Å². The van der Waals surface area contributed by atoms with Crippen molar-refractivity contribution in [2.45, 2.75) is 19.5 Å². The van der Waals surface area contributed by atoms with Gasteiger partial charge in [-0.3, -0.25) is 9.59 Å². The molecule has 1 N–H and O–H groups in total. The highest BCUT2D eigenvalue weighted by molar-refractivity contribution is 6.30. The number of benzene rings is 2. The van der Waals surface area contributed by atoms with Crippen LogP contribution < -0.4 is 10.9 Å². The number of carbonyl (C=O) groups is 1. The van der Waals surface area contributed by atoms with Gasteiger partial charge in [0.15, 0.2) is 0 Å². The molecule has 0 fully saturated rings. The highest BCUT2D eigenvalue weighted by atomic mass is 35.5. The number of hydrogen-bond donors (Lipinski definition) is 1. The van der Waals surface area contributed by atoms with Gasteiger partial charge in [0, 0.05) is 29.6 Å². The minimum Gasteiger partial charge on any atom is -0.352 e. The molecule has 132 valence electrons. The predicted octanol–water partition coefficient (Wildman–Crippen LogP) is 3.27. The number of aryl methyl sites for hydroxylation is 1. The third kappa shape index (κ3) is 4.80. The van der Waals surface area contributed by atoms with E-state index in [1.54, 1.807) is 18.2 Å². The molecule has 3 aromatic rings. The Balaban J connectivity index is 1.63. The quantitative estimate of drug-likeness (QED) is 0.727. The van der Waals surface area contributed by atoms with Crippen LogP contribution in [-0.4, -0.2) is 15.7 Å². The Morgan fingerprint density at radius 2 is 1.85 bits per heavy atom. The Morgan fingerprint density at radius 3 is 2.62 bits per heavy atom. The van der Waals surface area contributed by atoms with Gasteiger partial charge in [-0.25, -0.2) is 4.68 Å². The third-order valence-corrected chi connectivity index (χ3v) is 4.11. The predicted molar refractivity (Wildman–Crippen MR) is 102 cm³/mol. The van der Waals surface area contributed by atoms with E-state index in [0.29, 0.717) is 17.3 Å². The summed E-state index contributed by atoms with van der Waals surface area (Å²) in [7, 11) is 0. The van der Waals surface area contributed by atoms with E-state index in [4.69, 9.17) is 11.6 Å². The number of hydrogen-bond acceptors (Lipinski definition) is 3. The van der Waals surface area contributed by atoms with Crippen LogP contribution in [0.4, 0.5) is 0 Å². The van der Waals surface area contributed by atoms with Crippen molar-refractivity contribution >= 4 is 17.5 Å².